The fraction of sp³-hybridized carbons (Fsp3) is 0.500. The Hall–Kier alpha value is -0.250. The minimum atomic E-state index is -0.00171. The summed E-state index contributed by atoms with van der Waals surface area (Å²) in [5.41, 5.74) is 0.510. The fourth-order valence-electron chi connectivity index (χ4n) is 2.19. The Morgan fingerprint density at radius 2 is 2.11 bits per heavy atom. The summed E-state index contributed by atoms with van der Waals surface area (Å²) in [5.74, 6) is -0.00171. The maximum absolute atomic E-state index is 12.6. The van der Waals surface area contributed by atoms with Gasteiger partial charge < -0.3 is 4.90 Å². The van der Waals surface area contributed by atoms with Crippen molar-refractivity contribution in [2.24, 2.45) is 0 Å². The molecule has 1 aliphatic rings. The highest BCUT2D eigenvalue weighted by molar-refractivity contribution is 9.09. The summed E-state index contributed by atoms with van der Waals surface area (Å²) in [6, 6.07) is 5.40. The summed E-state index contributed by atoms with van der Waals surface area (Å²) in [4.78, 5) is 14.6. The minimum absolute atomic E-state index is 0.00171. The Kier molecular flexibility index (Phi) is 5.55. The summed E-state index contributed by atoms with van der Waals surface area (Å²) < 4.78 is 0. The quantitative estimate of drug-likeness (QED) is 0.689. The normalized spacial score (nSPS) is 15.1. The number of nitrogens with zero attached hydrogens (tertiary/aromatic N) is 1. The van der Waals surface area contributed by atoms with E-state index in [1.165, 1.54) is 6.42 Å². The van der Waals surface area contributed by atoms with Crippen LogP contribution < -0.4 is 0 Å². The van der Waals surface area contributed by atoms with Gasteiger partial charge in [0, 0.05) is 22.9 Å². The highest BCUT2D eigenvalue weighted by atomic mass is 79.9. The predicted octanol–water partition coefficient (Wildman–Crippen LogP) is 4.77. The minimum Gasteiger partial charge on any atom is -0.336 e. The van der Waals surface area contributed by atoms with Crippen LogP contribution in [0, 0.1) is 0 Å². The number of alkyl halides is 1. The third-order valence-electron chi connectivity index (χ3n) is 3.47. The van der Waals surface area contributed by atoms with Crippen LogP contribution in [0.15, 0.2) is 18.2 Å². The number of halogens is 3. The molecule has 2 nitrogen and oxygen atoms in total. The zero-order valence-corrected chi connectivity index (χ0v) is 13.6. The maximum atomic E-state index is 12.6. The van der Waals surface area contributed by atoms with Gasteiger partial charge in [0.1, 0.15) is 0 Å². The Morgan fingerprint density at radius 1 is 1.37 bits per heavy atom. The number of benzene rings is 1. The van der Waals surface area contributed by atoms with Crippen LogP contribution in [0.1, 0.15) is 36.0 Å². The summed E-state index contributed by atoms with van der Waals surface area (Å²) in [5, 5.41) is 1.91. The molecule has 1 fully saturated rings. The predicted molar refractivity (Wildman–Crippen MR) is 83.5 cm³/mol. The zero-order chi connectivity index (χ0) is 13.8. The molecule has 1 aromatic carbocycles. The average Bonchev–Trinajstić information content (AvgIpc) is 2.34. The van der Waals surface area contributed by atoms with Crippen LogP contribution in [-0.2, 0) is 0 Å². The van der Waals surface area contributed by atoms with Gasteiger partial charge in [-0.25, -0.2) is 0 Å². The summed E-state index contributed by atoms with van der Waals surface area (Å²) in [6.07, 6.45) is 4.32. The van der Waals surface area contributed by atoms with E-state index in [1.54, 1.807) is 18.2 Å². The van der Waals surface area contributed by atoms with Crippen LogP contribution in [0.5, 0.6) is 0 Å². The zero-order valence-electron chi connectivity index (χ0n) is 10.5. The van der Waals surface area contributed by atoms with E-state index in [9.17, 15) is 4.79 Å². The van der Waals surface area contributed by atoms with E-state index in [0.29, 0.717) is 21.7 Å². The van der Waals surface area contributed by atoms with Gasteiger partial charge in [-0.2, -0.15) is 0 Å². The van der Waals surface area contributed by atoms with E-state index in [-0.39, 0.29) is 5.91 Å². The molecule has 0 heterocycles. The molecular formula is C14H16BrCl2NO. The highest BCUT2D eigenvalue weighted by Gasteiger charge is 2.29. The van der Waals surface area contributed by atoms with Crippen molar-refractivity contribution >= 4 is 45.0 Å². The second-order valence-corrected chi connectivity index (χ2v) is 6.39. The molecule has 104 valence electrons. The van der Waals surface area contributed by atoms with Crippen LogP contribution in [0.2, 0.25) is 10.0 Å². The van der Waals surface area contributed by atoms with Gasteiger partial charge in [-0.1, -0.05) is 39.1 Å². The van der Waals surface area contributed by atoms with E-state index in [1.807, 2.05) is 4.90 Å². The van der Waals surface area contributed by atoms with Gasteiger partial charge in [-0.3, -0.25) is 4.79 Å². The van der Waals surface area contributed by atoms with E-state index in [4.69, 9.17) is 23.2 Å². The van der Waals surface area contributed by atoms with Gasteiger partial charge in [0.2, 0.25) is 0 Å². The lowest BCUT2D eigenvalue weighted by molar-refractivity contribution is 0.0581. The number of rotatable bonds is 5. The molecule has 0 spiro atoms. The van der Waals surface area contributed by atoms with Crippen molar-refractivity contribution in [3.63, 3.8) is 0 Å². The molecule has 0 saturated heterocycles. The largest absolute Gasteiger partial charge is 0.336 e. The van der Waals surface area contributed by atoms with Crippen molar-refractivity contribution in [1.29, 1.82) is 0 Å². The third-order valence-corrected chi connectivity index (χ3v) is 4.59. The first-order valence-corrected chi connectivity index (χ1v) is 8.33. The highest BCUT2D eigenvalue weighted by Crippen LogP contribution is 2.29. The maximum Gasteiger partial charge on any atom is 0.255 e. The van der Waals surface area contributed by atoms with E-state index >= 15 is 0 Å². The molecule has 5 heteroatoms. The Morgan fingerprint density at radius 3 is 2.68 bits per heavy atom. The van der Waals surface area contributed by atoms with Gasteiger partial charge in [-0.05, 0) is 43.9 Å². The van der Waals surface area contributed by atoms with Crippen LogP contribution in [-0.4, -0.2) is 28.7 Å². The molecule has 0 atom stereocenters. The lowest BCUT2D eigenvalue weighted by atomic mass is 9.91. The Labute approximate surface area is 132 Å². The molecule has 2 rings (SSSR count). The van der Waals surface area contributed by atoms with Crippen molar-refractivity contribution in [1.82, 2.24) is 4.90 Å². The number of carbonyl (C=O) groups excluding carboxylic acids is 1. The van der Waals surface area contributed by atoms with Crippen LogP contribution in [0.25, 0.3) is 0 Å². The number of hydrogen-bond acceptors (Lipinski definition) is 1. The van der Waals surface area contributed by atoms with Crippen LogP contribution in [0.3, 0.4) is 0 Å². The molecule has 1 amide bonds. The van der Waals surface area contributed by atoms with Crippen LogP contribution in [0.4, 0.5) is 0 Å². The summed E-state index contributed by atoms with van der Waals surface area (Å²) in [7, 11) is 0. The Balaban J connectivity index is 2.19. The molecule has 0 N–H and O–H groups in total. The molecule has 0 aliphatic heterocycles. The topological polar surface area (TPSA) is 20.3 Å². The molecule has 0 unspecified atom stereocenters. The second kappa shape index (κ2) is 6.96. The first kappa shape index (κ1) is 15.1. The lowest BCUT2D eigenvalue weighted by Gasteiger charge is -2.37. The van der Waals surface area contributed by atoms with E-state index in [0.717, 1.165) is 31.1 Å². The molecular weight excluding hydrogens is 349 g/mol. The summed E-state index contributed by atoms with van der Waals surface area (Å²) >= 11 is 15.5. The van der Waals surface area contributed by atoms with Crippen molar-refractivity contribution in [3.8, 4) is 0 Å². The molecule has 0 radical (unpaired) electrons. The monoisotopic (exact) mass is 363 g/mol. The Bertz CT molecular complexity index is 463. The fourth-order valence-corrected chi connectivity index (χ4v) is 2.82. The molecule has 1 saturated carbocycles. The van der Waals surface area contributed by atoms with Crippen molar-refractivity contribution < 1.29 is 4.79 Å². The van der Waals surface area contributed by atoms with Gasteiger partial charge in [0.05, 0.1) is 10.6 Å². The number of amides is 1. The van der Waals surface area contributed by atoms with Gasteiger partial charge in [0.25, 0.3) is 5.91 Å². The summed E-state index contributed by atoms with van der Waals surface area (Å²) in [6.45, 7) is 0.762. The van der Waals surface area contributed by atoms with E-state index in [2.05, 4.69) is 15.9 Å². The number of carbonyl (C=O) groups is 1. The molecule has 19 heavy (non-hydrogen) atoms. The van der Waals surface area contributed by atoms with Crippen molar-refractivity contribution in [2.45, 2.75) is 31.7 Å². The molecule has 0 bridgehead atoms. The van der Waals surface area contributed by atoms with Gasteiger partial charge in [-0.15, -0.1) is 0 Å². The average molecular weight is 365 g/mol. The van der Waals surface area contributed by atoms with Crippen molar-refractivity contribution in [3.05, 3.63) is 33.8 Å². The lowest BCUT2D eigenvalue weighted by Crippen LogP contribution is -2.45. The van der Waals surface area contributed by atoms with Gasteiger partial charge in [0.15, 0.2) is 0 Å². The second-order valence-electron chi connectivity index (χ2n) is 4.75. The standard InChI is InChI=1S/C14H16BrCl2NO/c15-7-2-8-18(11-3-1-4-11)14(19)12-9-10(16)5-6-13(12)17/h5-6,9,11H,1-4,7-8H2. The first-order chi connectivity index (χ1) is 9.13. The SMILES string of the molecule is O=C(c1cc(Cl)ccc1Cl)N(CCCBr)C1CCC1. The molecule has 1 aromatic rings. The first-order valence-electron chi connectivity index (χ1n) is 6.45. The van der Waals surface area contributed by atoms with Crippen molar-refractivity contribution in [2.75, 3.05) is 11.9 Å². The number of hydrogen-bond donors (Lipinski definition) is 0. The molecule has 0 aromatic heterocycles. The van der Waals surface area contributed by atoms with Crippen LogP contribution >= 0.6 is 39.1 Å². The van der Waals surface area contributed by atoms with Gasteiger partial charge >= 0.3 is 0 Å². The smallest absolute Gasteiger partial charge is 0.255 e. The third kappa shape index (κ3) is 3.65. The molecule has 1 aliphatic carbocycles. The van der Waals surface area contributed by atoms with E-state index < -0.39 is 0 Å².